The minimum absolute atomic E-state index is 0.0190. The van der Waals surface area contributed by atoms with Gasteiger partial charge in [0, 0.05) is 24.0 Å². The van der Waals surface area contributed by atoms with Gasteiger partial charge in [0.05, 0.1) is 17.7 Å². The van der Waals surface area contributed by atoms with E-state index in [1.54, 1.807) is 61.7 Å². The average Bonchev–Trinajstić information content (AvgIpc) is 3.02. The van der Waals surface area contributed by atoms with Gasteiger partial charge in [0.2, 0.25) is 11.8 Å². The lowest BCUT2D eigenvalue weighted by atomic mass is 10.0. The summed E-state index contributed by atoms with van der Waals surface area (Å²) in [5, 5.41) is 3.26. The molecular formula is C34H36ClN3O5S. The number of sulfonamides is 1. The molecule has 2 amide bonds. The van der Waals surface area contributed by atoms with E-state index < -0.39 is 28.5 Å². The van der Waals surface area contributed by atoms with Gasteiger partial charge in [-0.05, 0) is 67.4 Å². The summed E-state index contributed by atoms with van der Waals surface area (Å²) in [4.78, 5) is 29.7. The maximum absolute atomic E-state index is 14.4. The Morgan fingerprint density at radius 3 is 2.11 bits per heavy atom. The lowest BCUT2D eigenvalue weighted by Gasteiger charge is -2.34. The summed E-state index contributed by atoms with van der Waals surface area (Å²) in [5.41, 5.74) is 1.79. The van der Waals surface area contributed by atoms with Gasteiger partial charge in [0.1, 0.15) is 18.3 Å². The summed E-state index contributed by atoms with van der Waals surface area (Å²) in [7, 11) is -2.65. The highest BCUT2D eigenvalue weighted by atomic mass is 35.5. The van der Waals surface area contributed by atoms with Crippen LogP contribution < -0.4 is 14.4 Å². The number of anilines is 1. The second-order valence-electron chi connectivity index (χ2n) is 10.5. The zero-order valence-electron chi connectivity index (χ0n) is 24.9. The van der Waals surface area contributed by atoms with Gasteiger partial charge in [-0.1, -0.05) is 78.3 Å². The number of carbonyl (C=O) groups is 2. The summed E-state index contributed by atoms with van der Waals surface area (Å²) in [6, 6.07) is 29.7. The van der Waals surface area contributed by atoms with Crippen molar-refractivity contribution in [3.8, 4) is 5.75 Å². The van der Waals surface area contributed by atoms with Crippen molar-refractivity contribution in [3.63, 3.8) is 0 Å². The second kappa shape index (κ2) is 14.9. The average molecular weight is 634 g/mol. The van der Waals surface area contributed by atoms with Crippen LogP contribution in [0.15, 0.2) is 114 Å². The zero-order chi connectivity index (χ0) is 31.7. The Hall–Kier alpha value is -4.34. The van der Waals surface area contributed by atoms with Crippen LogP contribution in [0, 0.1) is 0 Å². The normalized spacial score (nSPS) is 11.9. The largest absolute Gasteiger partial charge is 0.497 e. The van der Waals surface area contributed by atoms with Crippen molar-refractivity contribution in [2.75, 3.05) is 18.0 Å². The Bertz CT molecular complexity index is 1670. The van der Waals surface area contributed by atoms with Crippen molar-refractivity contribution in [2.24, 2.45) is 0 Å². The van der Waals surface area contributed by atoms with E-state index in [0.29, 0.717) is 16.3 Å². The van der Waals surface area contributed by atoms with Gasteiger partial charge in [0.25, 0.3) is 10.0 Å². The monoisotopic (exact) mass is 633 g/mol. The molecule has 10 heteroatoms. The Labute approximate surface area is 264 Å². The van der Waals surface area contributed by atoms with E-state index in [4.69, 9.17) is 16.3 Å². The molecule has 1 N–H and O–H groups in total. The second-order valence-corrected chi connectivity index (χ2v) is 12.8. The summed E-state index contributed by atoms with van der Waals surface area (Å²) >= 11 is 6.27. The number of nitrogens with one attached hydrogen (secondary N) is 1. The molecule has 0 aliphatic heterocycles. The van der Waals surface area contributed by atoms with Crippen LogP contribution in [0.25, 0.3) is 0 Å². The number of nitrogens with zero attached hydrogens (tertiary/aromatic N) is 2. The number of amides is 2. The van der Waals surface area contributed by atoms with Crippen molar-refractivity contribution in [1.82, 2.24) is 10.2 Å². The maximum Gasteiger partial charge on any atom is 0.264 e. The topological polar surface area (TPSA) is 96.0 Å². The molecule has 0 aliphatic rings. The van der Waals surface area contributed by atoms with E-state index >= 15 is 0 Å². The Balaban J connectivity index is 1.81. The van der Waals surface area contributed by atoms with Crippen LogP contribution in [-0.4, -0.2) is 50.9 Å². The first kappa shape index (κ1) is 32.6. The molecule has 4 aromatic rings. The highest BCUT2D eigenvalue weighted by Crippen LogP contribution is 2.27. The number of methoxy groups -OCH3 is 1. The predicted octanol–water partition coefficient (Wildman–Crippen LogP) is 5.71. The summed E-state index contributed by atoms with van der Waals surface area (Å²) in [6.07, 6.45) is 0.220. The van der Waals surface area contributed by atoms with Gasteiger partial charge in [-0.3, -0.25) is 13.9 Å². The molecule has 0 aromatic heterocycles. The first-order valence-electron chi connectivity index (χ1n) is 14.2. The predicted molar refractivity (Wildman–Crippen MR) is 173 cm³/mol. The smallest absolute Gasteiger partial charge is 0.264 e. The minimum atomic E-state index is -4.20. The van der Waals surface area contributed by atoms with E-state index in [0.717, 1.165) is 9.87 Å². The van der Waals surface area contributed by atoms with Crippen molar-refractivity contribution < 1.29 is 22.7 Å². The maximum atomic E-state index is 14.4. The van der Waals surface area contributed by atoms with Crippen LogP contribution in [0.4, 0.5) is 5.69 Å². The van der Waals surface area contributed by atoms with Gasteiger partial charge < -0.3 is 15.0 Å². The zero-order valence-corrected chi connectivity index (χ0v) is 26.5. The molecule has 0 spiro atoms. The SMILES string of the molecule is COc1cccc(CN(C(=O)CN(c2cccc(Cl)c2)S(=O)(=O)c2ccccc2)[C@@H](Cc2ccccc2)C(=O)NC(C)C)c1. The molecule has 0 saturated heterocycles. The molecule has 4 aromatic carbocycles. The highest BCUT2D eigenvalue weighted by Gasteiger charge is 2.35. The van der Waals surface area contributed by atoms with Crippen LogP contribution in [0.3, 0.4) is 0 Å². The van der Waals surface area contributed by atoms with E-state index in [2.05, 4.69) is 5.32 Å². The van der Waals surface area contributed by atoms with Gasteiger partial charge in [-0.25, -0.2) is 8.42 Å². The van der Waals surface area contributed by atoms with Gasteiger partial charge in [-0.2, -0.15) is 0 Å². The van der Waals surface area contributed by atoms with E-state index in [-0.39, 0.29) is 35.5 Å². The number of halogens is 1. The minimum Gasteiger partial charge on any atom is -0.497 e. The molecule has 0 unspecified atom stereocenters. The molecule has 0 bridgehead atoms. The Morgan fingerprint density at radius 2 is 1.48 bits per heavy atom. The van der Waals surface area contributed by atoms with Crippen LogP contribution >= 0.6 is 11.6 Å². The lowest BCUT2D eigenvalue weighted by Crippen LogP contribution is -2.54. The molecule has 44 heavy (non-hydrogen) atoms. The number of ether oxygens (including phenoxy) is 1. The molecule has 0 aliphatic carbocycles. The first-order chi connectivity index (χ1) is 21.1. The van der Waals surface area contributed by atoms with Gasteiger partial charge in [0.15, 0.2) is 0 Å². The molecule has 0 saturated carbocycles. The third-order valence-electron chi connectivity index (χ3n) is 6.90. The fraction of sp³-hybridized carbons (Fsp3) is 0.235. The Kier molecular flexibility index (Phi) is 11.0. The molecule has 8 nitrogen and oxygen atoms in total. The first-order valence-corrected chi connectivity index (χ1v) is 16.0. The summed E-state index contributed by atoms with van der Waals surface area (Å²) < 4.78 is 34.4. The number of hydrogen-bond donors (Lipinski definition) is 1. The van der Waals surface area contributed by atoms with Gasteiger partial charge in [-0.15, -0.1) is 0 Å². The molecular weight excluding hydrogens is 598 g/mol. The molecule has 4 rings (SSSR count). The number of benzene rings is 4. The van der Waals surface area contributed by atoms with Crippen LogP contribution in [0.2, 0.25) is 5.02 Å². The van der Waals surface area contributed by atoms with Crippen molar-refractivity contribution in [3.05, 3.63) is 125 Å². The number of rotatable bonds is 13. The van der Waals surface area contributed by atoms with Crippen LogP contribution in [-0.2, 0) is 32.6 Å². The number of carbonyl (C=O) groups excluding carboxylic acids is 2. The molecule has 0 fully saturated rings. The summed E-state index contributed by atoms with van der Waals surface area (Å²) in [5.74, 6) is -0.319. The van der Waals surface area contributed by atoms with Crippen LogP contribution in [0.5, 0.6) is 5.75 Å². The third-order valence-corrected chi connectivity index (χ3v) is 8.92. The van der Waals surface area contributed by atoms with E-state index in [1.807, 2.05) is 50.2 Å². The van der Waals surface area contributed by atoms with Crippen molar-refractivity contribution >= 4 is 39.1 Å². The van der Waals surface area contributed by atoms with Crippen molar-refractivity contribution in [2.45, 2.75) is 43.8 Å². The third kappa shape index (κ3) is 8.39. The fourth-order valence-corrected chi connectivity index (χ4v) is 6.39. The van der Waals surface area contributed by atoms with E-state index in [9.17, 15) is 18.0 Å². The van der Waals surface area contributed by atoms with Crippen molar-refractivity contribution in [1.29, 1.82) is 0 Å². The fourth-order valence-electron chi connectivity index (χ4n) is 4.78. The molecule has 0 heterocycles. The molecule has 230 valence electrons. The highest BCUT2D eigenvalue weighted by molar-refractivity contribution is 7.92. The molecule has 0 radical (unpaired) electrons. The standard InChI is InChI=1S/C34H36ClN3O5S/c1-25(2)36-34(40)32(21-26-12-6-4-7-13-26)37(23-27-14-10-17-30(20-27)43-3)33(39)24-38(29-16-11-15-28(35)22-29)44(41,42)31-18-8-5-9-19-31/h4-20,22,25,32H,21,23-24H2,1-3H3,(H,36,40)/t32-/m0/s1. The Morgan fingerprint density at radius 1 is 0.841 bits per heavy atom. The lowest BCUT2D eigenvalue weighted by molar-refractivity contribution is -0.140. The summed E-state index contributed by atoms with van der Waals surface area (Å²) in [6.45, 7) is 3.16. The quantitative estimate of drug-likeness (QED) is 0.204. The number of hydrogen-bond acceptors (Lipinski definition) is 5. The van der Waals surface area contributed by atoms with E-state index in [1.165, 1.54) is 23.1 Å². The van der Waals surface area contributed by atoms with Crippen LogP contribution in [0.1, 0.15) is 25.0 Å². The molecule has 1 atom stereocenters. The van der Waals surface area contributed by atoms with Gasteiger partial charge >= 0.3 is 0 Å².